The molecular weight excluding hydrogens is 240 g/mol. The molecule has 0 radical (unpaired) electrons. The quantitative estimate of drug-likeness (QED) is 0.833. The molecule has 4 heteroatoms. The first-order chi connectivity index (χ1) is 9.17. The number of para-hydroxylation sites is 1. The lowest BCUT2D eigenvalue weighted by Crippen LogP contribution is -2.47. The van der Waals surface area contributed by atoms with Gasteiger partial charge in [0.1, 0.15) is 5.60 Å². The number of ether oxygens (including phenoxy) is 1. The maximum absolute atomic E-state index is 12.7. The lowest BCUT2D eigenvalue weighted by molar-refractivity contribution is -0.136. The number of benzene rings is 1. The lowest BCUT2D eigenvalue weighted by atomic mass is 10.0. The Labute approximate surface area is 113 Å². The monoisotopic (exact) mass is 258 g/mol. The third kappa shape index (κ3) is 2.94. The third-order valence-corrected chi connectivity index (χ3v) is 3.43. The van der Waals surface area contributed by atoms with Crippen molar-refractivity contribution in [2.45, 2.75) is 31.8 Å². The Kier molecular flexibility index (Phi) is 4.18. The van der Waals surface area contributed by atoms with Crippen molar-refractivity contribution in [2.24, 2.45) is 0 Å². The molecule has 1 fully saturated rings. The van der Waals surface area contributed by atoms with Crippen LogP contribution in [0.3, 0.4) is 0 Å². The maximum Gasteiger partial charge on any atom is 0.258 e. The summed E-state index contributed by atoms with van der Waals surface area (Å²) in [5.74, 6) is -0.0496. The van der Waals surface area contributed by atoms with Gasteiger partial charge < -0.3 is 9.64 Å². The second kappa shape index (κ2) is 5.85. The molecule has 1 aromatic rings. The van der Waals surface area contributed by atoms with E-state index < -0.39 is 5.60 Å². The molecule has 4 nitrogen and oxygen atoms in total. The standard InChI is InChI=1S/C15H18N2O2/c1-15(9-5-12-19-15)14(18)17(11-6-10-16)13-7-3-2-4-8-13/h2-4,7-8H,5-6,9,11-12H2,1H3. The van der Waals surface area contributed by atoms with Gasteiger partial charge in [0.25, 0.3) is 5.91 Å². The first-order valence-corrected chi connectivity index (χ1v) is 6.55. The molecule has 1 saturated heterocycles. The van der Waals surface area contributed by atoms with Crippen LogP contribution in [0.4, 0.5) is 5.69 Å². The van der Waals surface area contributed by atoms with Crippen LogP contribution >= 0.6 is 0 Å². The van der Waals surface area contributed by atoms with E-state index in [1.807, 2.05) is 37.3 Å². The number of nitrogens with zero attached hydrogens (tertiary/aromatic N) is 2. The van der Waals surface area contributed by atoms with Crippen LogP contribution in [-0.2, 0) is 9.53 Å². The Hall–Kier alpha value is -1.86. The number of nitriles is 1. The Morgan fingerprint density at radius 1 is 1.47 bits per heavy atom. The summed E-state index contributed by atoms with van der Waals surface area (Å²) >= 11 is 0. The summed E-state index contributed by atoms with van der Waals surface area (Å²) < 4.78 is 5.61. The number of anilines is 1. The summed E-state index contributed by atoms with van der Waals surface area (Å²) in [7, 11) is 0. The highest BCUT2D eigenvalue weighted by molar-refractivity contribution is 5.99. The van der Waals surface area contributed by atoms with E-state index in [9.17, 15) is 4.79 Å². The summed E-state index contributed by atoms with van der Waals surface area (Å²) in [5.41, 5.74) is 0.0742. The molecule has 2 rings (SSSR count). The molecule has 1 unspecified atom stereocenters. The van der Waals surface area contributed by atoms with E-state index in [0.29, 0.717) is 19.6 Å². The molecule has 0 spiro atoms. The predicted octanol–water partition coefficient (Wildman–Crippen LogP) is 2.50. The van der Waals surface area contributed by atoms with E-state index in [-0.39, 0.29) is 5.91 Å². The summed E-state index contributed by atoms with van der Waals surface area (Å²) in [6.45, 7) is 2.87. The number of carbonyl (C=O) groups excluding carboxylic acids is 1. The molecule has 0 aromatic heterocycles. The highest BCUT2D eigenvalue weighted by Crippen LogP contribution is 2.29. The van der Waals surface area contributed by atoms with Crippen LogP contribution in [0.25, 0.3) is 0 Å². The van der Waals surface area contributed by atoms with Gasteiger partial charge in [-0.1, -0.05) is 18.2 Å². The average Bonchev–Trinajstić information content (AvgIpc) is 2.88. The van der Waals surface area contributed by atoms with Gasteiger partial charge in [-0.05, 0) is 31.9 Å². The maximum atomic E-state index is 12.7. The zero-order chi connectivity index (χ0) is 13.7. The van der Waals surface area contributed by atoms with Gasteiger partial charge in [-0.3, -0.25) is 4.79 Å². The van der Waals surface area contributed by atoms with Gasteiger partial charge in [0.05, 0.1) is 12.5 Å². The minimum absolute atomic E-state index is 0.0496. The van der Waals surface area contributed by atoms with Crippen molar-refractivity contribution in [1.82, 2.24) is 0 Å². The van der Waals surface area contributed by atoms with Crippen molar-refractivity contribution in [2.75, 3.05) is 18.1 Å². The highest BCUT2D eigenvalue weighted by atomic mass is 16.5. The van der Waals surface area contributed by atoms with Crippen LogP contribution in [0, 0.1) is 11.3 Å². The Morgan fingerprint density at radius 3 is 2.79 bits per heavy atom. The van der Waals surface area contributed by atoms with E-state index in [2.05, 4.69) is 6.07 Å². The van der Waals surface area contributed by atoms with Gasteiger partial charge >= 0.3 is 0 Å². The van der Waals surface area contributed by atoms with Crippen LogP contribution in [0.1, 0.15) is 26.2 Å². The zero-order valence-electron chi connectivity index (χ0n) is 11.1. The predicted molar refractivity (Wildman–Crippen MR) is 72.6 cm³/mol. The van der Waals surface area contributed by atoms with E-state index in [1.54, 1.807) is 4.90 Å². The number of hydrogen-bond acceptors (Lipinski definition) is 3. The van der Waals surface area contributed by atoms with Crippen molar-refractivity contribution >= 4 is 11.6 Å². The number of rotatable bonds is 4. The molecule has 1 amide bonds. The van der Waals surface area contributed by atoms with Gasteiger partial charge in [0.2, 0.25) is 0 Å². The molecule has 0 N–H and O–H groups in total. The zero-order valence-corrected chi connectivity index (χ0v) is 11.1. The fourth-order valence-corrected chi connectivity index (χ4v) is 2.35. The van der Waals surface area contributed by atoms with Gasteiger partial charge in [-0.25, -0.2) is 0 Å². The molecule has 0 aliphatic carbocycles. The van der Waals surface area contributed by atoms with Crippen molar-refractivity contribution in [3.8, 4) is 6.07 Å². The van der Waals surface area contributed by atoms with Crippen LogP contribution in [-0.4, -0.2) is 24.7 Å². The number of carbonyl (C=O) groups is 1. The van der Waals surface area contributed by atoms with E-state index in [1.165, 1.54) is 0 Å². The second-order valence-corrected chi connectivity index (χ2v) is 4.88. The van der Waals surface area contributed by atoms with Crippen molar-refractivity contribution < 1.29 is 9.53 Å². The molecule has 1 atom stereocenters. The SMILES string of the molecule is CC1(C(=O)N(CCC#N)c2ccccc2)CCCO1. The van der Waals surface area contributed by atoms with E-state index in [4.69, 9.17) is 10.00 Å². The van der Waals surface area contributed by atoms with Gasteiger partial charge in [0, 0.05) is 18.8 Å². The van der Waals surface area contributed by atoms with Crippen molar-refractivity contribution in [3.05, 3.63) is 30.3 Å². The molecule has 1 heterocycles. The van der Waals surface area contributed by atoms with Crippen LogP contribution < -0.4 is 4.90 Å². The summed E-state index contributed by atoms with van der Waals surface area (Å²) in [4.78, 5) is 14.3. The van der Waals surface area contributed by atoms with Crippen LogP contribution in [0.5, 0.6) is 0 Å². The topological polar surface area (TPSA) is 53.3 Å². The van der Waals surface area contributed by atoms with Gasteiger partial charge in [-0.2, -0.15) is 5.26 Å². The molecule has 1 aromatic carbocycles. The third-order valence-electron chi connectivity index (χ3n) is 3.43. The van der Waals surface area contributed by atoms with Gasteiger partial charge in [-0.15, -0.1) is 0 Å². The first kappa shape index (κ1) is 13.6. The summed E-state index contributed by atoms with van der Waals surface area (Å²) in [6.07, 6.45) is 1.96. The minimum Gasteiger partial charge on any atom is -0.365 e. The lowest BCUT2D eigenvalue weighted by Gasteiger charge is -2.30. The minimum atomic E-state index is -0.745. The Balaban J connectivity index is 2.23. The molecular formula is C15H18N2O2. The molecule has 0 saturated carbocycles. The Morgan fingerprint density at radius 2 is 2.21 bits per heavy atom. The van der Waals surface area contributed by atoms with Crippen LogP contribution in [0.2, 0.25) is 0 Å². The van der Waals surface area contributed by atoms with Crippen molar-refractivity contribution in [1.29, 1.82) is 5.26 Å². The van der Waals surface area contributed by atoms with E-state index >= 15 is 0 Å². The molecule has 19 heavy (non-hydrogen) atoms. The van der Waals surface area contributed by atoms with E-state index in [0.717, 1.165) is 18.5 Å². The van der Waals surface area contributed by atoms with Crippen molar-refractivity contribution in [3.63, 3.8) is 0 Å². The fraction of sp³-hybridized carbons (Fsp3) is 0.467. The fourth-order valence-electron chi connectivity index (χ4n) is 2.35. The number of amides is 1. The molecule has 100 valence electrons. The van der Waals surface area contributed by atoms with Crippen LogP contribution in [0.15, 0.2) is 30.3 Å². The first-order valence-electron chi connectivity index (χ1n) is 6.55. The highest BCUT2D eigenvalue weighted by Gasteiger charge is 2.40. The average molecular weight is 258 g/mol. The largest absolute Gasteiger partial charge is 0.365 e. The number of hydrogen-bond donors (Lipinski definition) is 0. The molecule has 1 aliphatic heterocycles. The molecule has 0 bridgehead atoms. The summed E-state index contributed by atoms with van der Waals surface area (Å²) in [6, 6.07) is 11.5. The second-order valence-electron chi connectivity index (χ2n) is 4.88. The van der Waals surface area contributed by atoms with Gasteiger partial charge in [0.15, 0.2) is 0 Å². The normalized spacial score (nSPS) is 21.9. The smallest absolute Gasteiger partial charge is 0.258 e. The Bertz CT molecular complexity index is 473. The summed E-state index contributed by atoms with van der Waals surface area (Å²) in [5, 5.41) is 8.75. The molecule has 1 aliphatic rings.